The molecule has 0 aliphatic carbocycles. The molecule has 2 heterocycles. The van der Waals surface area contributed by atoms with Crippen LogP contribution in [0, 0.1) is 0 Å². The molecule has 3 rings (SSSR count). The first-order valence-electron chi connectivity index (χ1n) is 6.53. The lowest BCUT2D eigenvalue weighted by atomic mass is 10.1. The zero-order valence-corrected chi connectivity index (χ0v) is 12.6. The van der Waals surface area contributed by atoms with Crippen LogP contribution in [-0.4, -0.2) is 29.9 Å². The van der Waals surface area contributed by atoms with Gasteiger partial charge in [-0.05, 0) is 37.7 Å². The third-order valence-electron chi connectivity index (χ3n) is 3.21. The van der Waals surface area contributed by atoms with E-state index in [2.05, 4.69) is 0 Å². The molecular weight excluding hydrogens is 286 g/mol. The second-order valence-electron chi connectivity index (χ2n) is 5.13. The van der Waals surface area contributed by atoms with E-state index in [-0.39, 0.29) is 11.5 Å². The van der Waals surface area contributed by atoms with Crippen molar-refractivity contribution in [3.05, 3.63) is 51.4 Å². The van der Waals surface area contributed by atoms with Crippen molar-refractivity contribution in [1.82, 2.24) is 4.90 Å². The smallest absolute Gasteiger partial charge is 0.232 e. The van der Waals surface area contributed by atoms with Crippen molar-refractivity contribution in [3.8, 4) is 11.5 Å². The molecule has 2 aromatic rings. The largest absolute Gasteiger partial charge is 0.507 e. The van der Waals surface area contributed by atoms with E-state index in [4.69, 9.17) is 4.74 Å². The van der Waals surface area contributed by atoms with Crippen molar-refractivity contribution < 1.29 is 14.6 Å². The van der Waals surface area contributed by atoms with Crippen LogP contribution in [0.1, 0.15) is 20.8 Å². The monoisotopic (exact) mass is 301 g/mol. The van der Waals surface area contributed by atoms with Crippen molar-refractivity contribution in [2.24, 2.45) is 0 Å². The van der Waals surface area contributed by atoms with Crippen LogP contribution in [0.2, 0.25) is 0 Å². The van der Waals surface area contributed by atoms with Gasteiger partial charge in [0.2, 0.25) is 5.78 Å². The molecule has 1 aliphatic rings. The molecule has 1 N–H and O–H groups in total. The molecule has 0 unspecified atom stereocenters. The van der Waals surface area contributed by atoms with Crippen molar-refractivity contribution in [2.75, 3.05) is 14.1 Å². The molecule has 4 nitrogen and oxygen atoms in total. The van der Waals surface area contributed by atoms with Crippen molar-refractivity contribution >= 4 is 23.2 Å². The Balaban J connectivity index is 2.03. The maximum absolute atomic E-state index is 12.4. The number of ether oxygens (including phenoxy) is 1. The molecular formula is C16H15NO3S. The van der Waals surface area contributed by atoms with Crippen LogP contribution in [0.4, 0.5) is 0 Å². The first kappa shape index (κ1) is 13.9. The van der Waals surface area contributed by atoms with Crippen LogP contribution >= 0.6 is 11.3 Å². The molecule has 0 saturated carbocycles. The summed E-state index contributed by atoms with van der Waals surface area (Å²) in [7, 11) is 3.80. The van der Waals surface area contributed by atoms with Crippen LogP contribution in [0.15, 0.2) is 35.4 Å². The van der Waals surface area contributed by atoms with Crippen LogP contribution in [-0.2, 0) is 6.54 Å². The lowest BCUT2D eigenvalue weighted by Gasteiger charge is -2.13. The van der Waals surface area contributed by atoms with Gasteiger partial charge >= 0.3 is 0 Å². The van der Waals surface area contributed by atoms with Crippen LogP contribution in [0.25, 0.3) is 6.08 Å². The number of benzene rings is 1. The molecule has 21 heavy (non-hydrogen) atoms. The normalized spacial score (nSPS) is 15.6. The minimum atomic E-state index is -0.140. The quantitative estimate of drug-likeness (QED) is 0.885. The van der Waals surface area contributed by atoms with E-state index in [0.29, 0.717) is 29.2 Å². The second kappa shape index (κ2) is 5.35. The number of Topliss-reactive ketones (excluding diaryl/α,β-unsaturated/α-hetero) is 1. The van der Waals surface area contributed by atoms with E-state index in [1.54, 1.807) is 29.5 Å². The number of ketones is 1. The van der Waals surface area contributed by atoms with Crippen LogP contribution < -0.4 is 4.74 Å². The summed E-state index contributed by atoms with van der Waals surface area (Å²) in [5.41, 5.74) is 1.15. The summed E-state index contributed by atoms with van der Waals surface area (Å²) in [6, 6.07) is 7.01. The molecule has 5 heteroatoms. The number of thiophene rings is 1. The van der Waals surface area contributed by atoms with Gasteiger partial charge in [-0.1, -0.05) is 6.07 Å². The van der Waals surface area contributed by atoms with Crippen molar-refractivity contribution in [2.45, 2.75) is 6.54 Å². The number of allylic oxidation sites excluding steroid dienone is 1. The Labute approximate surface area is 126 Å². The van der Waals surface area contributed by atoms with Crippen LogP contribution in [0.5, 0.6) is 11.5 Å². The summed E-state index contributed by atoms with van der Waals surface area (Å²) in [6.45, 7) is 0.509. The number of nitrogens with zero attached hydrogens (tertiary/aromatic N) is 1. The summed E-state index contributed by atoms with van der Waals surface area (Å²) in [6.07, 6.45) is 1.74. The predicted octanol–water partition coefficient (Wildman–Crippen LogP) is 3.13. The van der Waals surface area contributed by atoms with Gasteiger partial charge < -0.3 is 14.7 Å². The van der Waals surface area contributed by atoms with Gasteiger partial charge in [-0.25, -0.2) is 0 Å². The predicted molar refractivity (Wildman–Crippen MR) is 82.8 cm³/mol. The molecule has 0 bridgehead atoms. The molecule has 1 aromatic heterocycles. The number of carbonyl (C=O) groups is 1. The molecule has 108 valence electrons. The lowest BCUT2D eigenvalue weighted by molar-refractivity contribution is 0.101. The van der Waals surface area contributed by atoms with E-state index >= 15 is 0 Å². The summed E-state index contributed by atoms with van der Waals surface area (Å²) >= 11 is 1.54. The highest BCUT2D eigenvalue weighted by Crippen LogP contribution is 2.40. The Bertz CT molecular complexity index is 717. The first-order chi connectivity index (χ1) is 10.1. The molecule has 0 saturated heterocycles. The van der Waals surface area contributed by atoms with Gasteiger partial charge in [0.25, 0.3) is 0 Å². The average molecular weight is 301 g/mol. The Morgan fingerprint density at radius 3 is 2.81 bits per heavy atom. The fraction of sp³-hybridized carbons (Fsp3) is 0.188. The number of fused-ring (bicyclic) bond motifs is 1. The van der Waals surface area contributed by atoms with Gasteiger partial charge in [-0.3, -0.25) is 4.79 Å². The zero-order valence-electron chi connectivity index (χ0n) is 11.8. The standard InChI is InChI=1S/C16H15NO3S/c1-17(2)9-12-13(18)6-5-11-15(19)14(20-16(11)12)8-10-4-3-7-21-10/h3-8,18H,9H2,1-2H3/b14-8+. The van der Waals surface area contributed by atoms with Gasteiger partial charge in [0.05, 0.1) is 11.1 Å². The third kappa shape index (κ3) is 2.57. The minimum absolute atomic E-state index is 0.140. The second-order valence-corrected chi connectivity index (χ2v) is 6.11. The number of aromatic hydroxyl groups is 1. The van der Waals surface area contributed by atoms with Gasteiger partial charge in [0, 0.05) is 17.5 Å². The number of carbonyl (C=O) groups excluding carboxylic acids is 1. The fourth-order valence-corrected chi connectivity index (χ4v) is 2.91. The Morgan fingerprint density at radius 1 is 1.33 bits per heavy atom. The molecule has 0 atom stereocenters. The highest BCUT2D eigenvalue weighted by Gasteiger charge is 2.31. The maximum Gasteiger partial charge on any atom is 0.232 e. The SMILES string of the molecule is CN(C)Cc1c(O)ccc2c1O/C(=C/c1cccs1)C2=O. The number of phenols is 1. The van der Waals surface area contributed by atoms with Gasteiger partial charge in [0.1, 0.15) is 11.5 Å². The molecule has 0 fully saturated rings. The summed E-state index contributed by atoms with van der Waals surface area (Å²) in [5.74, 6) is 0.778. The van der Waals surface area contributed by atoms with Gasteiger partial charge in [0.15, 0.2) is 5.76 Å². The highest BCUT2D eigenvalue weighted by atomic mass is 32.1. The van der Waals surface area contributed by atoms with Gasteiger partial charge in [-0.15, -0.1) is 11.3 Å². The number of hydrogen-bond acceptors (Lipinski definition) is 5. The Kier molecular flexibility index (Phi) is 3.53. The summed E-state index contributed by atoms with van der Waals surface area (Å²) < 4.78 is 5.74. The summed E-state index contributed by atoms with van der Waals surface area (Å²) in [5, 5.41) is 12.0. The first-order valence-corrected chi connectivity index (χ1v) is 7.41. The zero-order chi connectivity index (χ0) is 15.0. The number of hydrogen-bond donors (Lipinski definition) is 1. The minimum Gasteiger partial charge on any atom is -0.507 e. The van der Waals surface area contributed by atoms with Crippen molar-refractivity contribution in [3.63, 3.8) is 0 Å². The molecule has 0 spiro atoms. The topological polar surface area (TPSA) is 49.8 Å². The highest BCUT2D eigenvalue weighted by molar-refractivity contribution is 7.10. The Hall–Kier alpha value is -2.11. The Morgan fingerprint density at radius 2 is 2.14 bits per heavy atom. The van der Waals surface area contributed by atoms with E-state index in [1.165, 1.54) is 0 Å². The number of rotatable bonds is 3. The molecule has 0 amide bonds. The van der Waals surface area contributed by atoms with E-state index in [0.717, 1.165) is 4.88 Å². The lowest BCUT2D eigenvalue weighted by Crippen LogP contribution is -2.11. The average Bonchev–Trinajstić information content (AvgIpc) is 3.03. The summed E-state index contributed by atoms with van der Waals surface area (Å²) in [4.78, 5) is 15.3. The van der Waals surface area contributed by atoms with E-state index < -0.39 is 0 Å². The molecule has 1 aliphatic heterocycles. The molecule has 1 aromatic carbocycles. The number of phenolic OH excluding ortho intramolecular Hbond substituents is 1. The van der Waals surface area contributed by atoms with Crippen molar-refractivity contribution in [1.29, 1.82) is 0 Å². The van der Waals surface area contributed by atoms with Crippen LogP contribution in [0.3, 0.4) is 0 Å². The molecule has 0 radical (unpaired) electrons. The third-order valence-corrected chi connectivity index (χ3v) is 4.03. The van der Waals surface area contributed by atoms with E-state index in [9.17, 15) is 9.90 Å². The van der Waals surface area contributed by atoms with Gasteiger partial charge in [-0.2, -0.15) is 0 Å². The van der Waals surface area contributed by atoms with E-state index in [1.807, 2.05) is 36.5 Å². The fourth-order valence-electron chi connectivity index (χ4n) is 2.27. The maximum atomic E-state index is 12.4.